The Morgan fingerprint density at radius 1 is 0.885 bits per heavy atom. The molecule has 0 radical (unpaired) electrons. The first-order valence-electron chi connectivity index (χ1n) is 8.12. The SMILES string of the molecule is COc1ccc(-c2nnc3c4cnn(-c5ccccc5)c4ncn23)cc1. The van der Waals surface area contributed by atoms with Crippen molar-refractivity contribution < 1.29 is 4.74 Å². The Morgan fingerprint density at radius 2 is 1.69 bits per heavy atom. The zero-order valence-corrected chi connectivity index (χ0v) is 13.9. The van der Waals surface area contributed by atoms with E-state index >= 15 is 0 Å². The van der Waals surface area contributed by atoms with E-state index in [1.54, 1.807) is 24.3 Å². The number of fused-ring (bicyclic) bond motifs is 3. The number of para-hydroxylation sites is 1. The van der Waals surface area contributed by atoms with Crippen molar-refractivity contribution in [2.75, 3.05) is 7.11 Å². The van der Waals surface area contributed by atoms with Gasteiger partial charge in [0.1, 0.15) is 12.1 Å². The maximum absolute atomic E-state index is 5.21. The lowest BCUT2D eigenvalue weighted by Gasteiger charge is -2.04. The molecule has 0 aliphatic rings. The zero-order valence-electron chi connectivity index (χ0n) is 13.9. The first-order valence-corrected chi connectivity index (χ1v) is 8.12. The number of hydrogen-bond acceptors (Lipinski definition) is 5. The van der Waals surface area contributed by atoms with Gasteiger partial charge in [0.05, 0.1) is 24.4 Å². The van der Waals surface area contributed by atoms with Crippen LogP contribution in [0.4, 0.5) is 0 Å². The Bertz CT molecular complexity index is 1210. The fourth-order valence-corrected chi connectivity index (χ4v) is 3.02. The Morgan fingerprint density at radius 3 is 2.46 bits per heavy atom. The predicted molar refractivity (Wildman–Crippen MR) is 97.4 cm³/mol. The molecule has 3 aromatic heterocycles. The molecule has 0 aliphatic heterocycles. The third kappa shape index (κ3) is 2.14. The lowest BCUT2D eigenvalue weighted by molar-refractivity contribution is 0.415. The van der Waals surface area contributed by atoms with Crippen LogP contribution in [0.3, 0.4) is 0 Å². The second-order valence-electron chi connectivity index (χ2n) is 5.82. The summed E-state index contributed by atoms with van der Waals surface area (Å²) in [5, 5.41) is 14.0. The van der Waals surface area contributed by atoms with E-state index in [1.807, 2.05) is 59.0 Å². The van der Waals surface area contributed by atoms with Gasteiger partial charge in [-0.15, -0.1) is 10.2 Å². The first-order chi connectivity index (χ1) is 12.8. The highest BCUT2D eigenvalue weighted by Gasteiger charge is 2.15. The monoisotopic (exact) mass is 342 g/mol. The van der Waals surface area contributed by atoms with Crippen LogP contribution in [0.25, 0.3) is 33.8 Å². The van der Waals surface area contributed by atoms with Gasteiger partial charge in [-0.05, 0) is 36.4 Å². The molecule has 0 unspecified atom stereocenters. The summed E-state index contributed by atoms with van der Waals surface area (Å²) in [5.74, 6) is 1.52. The Kier molecular flexibility index (Phi) is 3.18. The van der Waals surface area contributed by atoms with E-state index in [2.05, 4.69) is 20.3 Å². The van der Waals surface area contributed by atoms with Crippen molar-refractivity contribution >= 4 is 16.7 Å². The van der Waals surface area contributed by atoms with Crippen LogP contribution in [-0.4, -0.2) is 36.5 Å². The molecule has 2 aromatic carbocycles. The summed E-state index contributed by atoms with van der Waals surface area (Å²) in [6.07, 6.45) is 3.51. The standard InChI is InChI=1S/C19H14N6O/c1-26-15-9-7-13(8-10-15)17-22-23-19-16-11-21-25(14-5-3-2-4-6-14)18(16)20-12-24(17)19/h2-12H,1H3. The van der Waals surface area contributed by atoms with Gasteiger partial charge in [0.15, 0.2) is 17.1 Å². The molecule has 7 heteroatoms. The van der Waals surface area contributed by atoms with Crippen molar-refractivity contribution in [3.05, 3.63) is 67.1 Å². The van der Waals surface area contributed by atoms with E-state index in [0.29, 0.717) is 0 Å². The molecule has 0 saturated heterocycles. The molecule has 0 amide bonds. The van der Waals surface area contributed by atoms with Crippen molar-refractivity contribution in [2.45, 2.75) is 0 Å². The van der Waals surface area contributed by atoms with Crippen LogP contribution in [0, 0.1) is 0 Å². The fourth-order valence-electron chi connectivity index (χ4n) is 3.02. The van der Waals surface area contributed by atoms with Gasteiger partial charge in [-0.1, -0.05) is 18.2 Å². The number of nitrogens with zero attached hydrogens (tertiary/aromatic N) is 6. The topological polar surface area (TPSA) is 70.1 Å². The van der Waals surface area contributed by atoms with E-state index in [-0.39, 0.29) is 0 Å². The quantitative estimate of drug-likeness (QED) is 0.504. The molecule has 26 heavy (non-hydrogen) atoms. The minimum Gasteiger partial charge on any atom is -0.497 e. The van der Waals surface area contributed by atoms with E-state index in [0.717, 1.165) is 39.5 Å². The van der Waals surface area contributed by atoms with Crippen LogP contribution in [0.15, 0.2) is 67.1 Å². The molecule has 0 spiro atoms. The number of hydrogen-bond donors (Lipinski definition) is 0. The van der Waals surface area contributed by atoms with Gasteiger partial charge in [-0.25, -0.2) is 9.67 Å². The molecule has 0 N–H and O–H groups in total. The van der Waals surface area contributed by atoms with Crippen molar-refractivity contribution in [3.8, 4) is 22.8 Å². The molecule has 7 nitrogen and oxygen atoms in total. The summed E-state index contributed by atoms with van der Waals surface area (Å²) >= 11 is 0. The number of ether oxygens (including phenoxy) is 1. The summed E-state index contributed by atoms with van der Waals surface area (Å²) in [5.41, 5.74) is 3.37. The Hall–Kier alpha value is -3.74. The van der Waals surface area contributed by atoms with E-state index in [1.165, 1.54) is 0 Å². The zero-order chi connectivity index (χ0) is 17.5. The lowest BCUT2D eigenvalue weighted by atomic mass is 10.2. The van der Waals surface area contributed by atoms with Crippen LogP contribution < -0.4 is 4.74 Å². The first kappa shape index (κ1) is 14.6. The Balaban J connectivity index is 1.68. The van der Waals surface area contributed by atoms with Gasteiger partial charge in [0.25, 0.3) is 0 Å². The smallest absolute Gasteiger partial charge is 0.175 e. The van der Waals surface area contributed by atoms with E-state index < -0.39 is 0 Å². The number of aromatic nitrogens is 6. The molecule has 0 fully saturated rings. The number of methoxy groups -OCH3 is 1. The largest absolute Gasteiger partial charge is 0.497 e. The maximum atomic E-state index is 5.21. The number of rotatable bonds is 3. The lowest BCUT2D eigenvalue weighted by Crippen LogP contribution is -1.98. The summed E-state index contributed by atoms with van der Waals surface area (Å²) in [4.78, 5) is 4.60. The maximum Gasteiger partial charge on any atom is 0.175 e. The van der Waals surface area contributed by atoms with Gasteiger partial charge < -0.3 is 4.74 Å². The van der Waals surface area contributed by atoms with E-state index in [4.69, 9.17) is 4.74 Å². The third-order valence-corrected chi connectivity index (χ3v) is 4.33. The second-order valence-corrected chi connectivity index (χ2v) is 5.82. The molecule has 0 saturated carbocycles. The van der Waals surface area contributed by atoms with Gasteiger partial charge in [0.2, 0.25) is 0 Å². The van der Waals surface area contributed by atoms with Crippen molar-refractivity contribution in [1.29, 1.82) is 0 Å². The average Bonchev–Trinajstić information content (AvgIpc) is 3.32. The summed E-state index contributed by atoms with van der Waals surface area (Å²) in [6.45, 7) is 0. The van der Waals surface area contributed by atoms with Crippen LogP contribution >= 0.6 is 0 Å². The normalized spacial score (nSPS) is 11.3. The van der Waals surface area contributed by atoms with Crippen LogP contribution in [0.5, 0.6) is 5.75 Å². The molecule has 5 rings (SSSR count). The predicted octanol–water partition coefficient (Wildman–Crippen LogP) is 3.14. The highest BCUT2D eigenvalue weighted by Crippen LogP contribution is 2.25. The Labute approximate surface area is 148 Å². The second kappa shape index (κ2) is 5.66. The summed E-state index contributed by atoms with van der Waals surface area (Å²) < 4.78 is 8.89. The van der Waals surface area contributed by atoms with Crippen LogP contribution in [-0.2, 0) is 0 Å². The third-order valence-electron chi connectivity index (χ3n) is 4.33. The molecule has 3 heterocycles. The van der Waals surface area contributed by atoms with E-state index in [9.17, 15) is 0 Å². The molecule has 0 bridgehead atoms. The van der Waals surface area contributed by atoms with Crippen molar-refractivity contribution in [2.24, 2.45) is 0 Å². The van der Waals surface area contributed by atoms with Crippen molar-refractivity contribution in [3.63, 3.8) is 0 Å². The molecule has 0 atom stereocenters. The highest BCUT2D eigenvalue weighted by atomic mass is 16.5. The average molecular weight is 342 g/mol. The minimum absolute atomic E-state index is 0.725. The van der Waals surface area contributed by atoms with Crippen LogP contribution in [0.1, 0.15) is 0 Å². The summed E-state index contributed by atoms with van der Waals surface area (Å²) in [6, 6.07) is 17.6. The van der Waals surface area contributed by atoms with Gasteiger partial charge in [0, 0.05) is 5.56 Å². The molecule has 5 aromatic rings. The van der Waals surface area contributed by atoms with Crippen molar-refractivity contribution in [1.82, 2.24) is 29.4 Å². The molecule has 0 aliphatic carbocycles. The molecular formula is C19H14N6O. The van der Waals surface area contributed by atoms with Gasteiger partial charge in [-0.2, -0.15) is 5.10 Å². The minimum atomic E-state index is 0.725. The van der Waals surface area contributed by atoms with Gasteiger partial charge in [-0.3, -0.25) is 4.40 Å². The van der Waals surface area contributed by atoms with Crippen LogP contribution in [0.2, 0.25) is 0 Å². The van der Waals surface area contributed by atoms with Gasteiger partial charge >= 0.3 is 0 Å². The number of benzene rings is 2. The molecular weight excluding hydrogens is 328 g/mol. The highest BCUT2D eigenvalue weighted by molar-refractivity contribution is 5.90. The molecule has 126 valence electrons. The fraction of sp³-hybridized carbons (Fsp3) is 0.0526. The summed E-state index contributed by atoms with van der Waals surface area (Å²) in [7, 11) is 1.65.